The Balaban J connectivity index is 1.76. The smallest absolute Gasteiger partial charge is 0.341 e. The van der Waals surface area contributed by atoms with Crippen molar-refractivity contribution in [2.45, 2.75) is 63.7 Å². The van der Waals surface area contributed by atoms with Gasteiger partial charge in [0.2, 0.25) is 0 Å². The van der Waals surface area contributed by atoms with Crippen LogP contribution in [0.2, 0.25) is 0 Å². The fourth-order valence-electron chi connectivity index (χ4n) is 4.27. The zero-order valence-corrected chi connectivity index (χ0v) is 18.0. The largest absolute Gasteiger partial charge is 0.490 e. The molecular formula is C25H33NO4. The molecule has 0 amide bonds. The lowest BCUT2D eigenvalue weighted by molar-refractivity contribution is 0.0193. The number of rotatable bonds is 8. The predicted octanol–water partition coefficient (Wildman–Crippen LogP) is 4.56. The molecule has 3 N–H and O–H groups in total. The summed E-state index contributed by atoms with van der Waals surface area (Å²) in [7, 11) is 1.34. The first-order chi connectivity index (χ1) is 14.4. The first-order valence-corrected chi connectivity index (χ1v) is 10.8. The highest BCUT2D eigenvalue weighted by Gasteiger charge is 2.29. The second-order valence-corrected chi connectivity index (χ2v) is 8.50. The number of hydrogen-bond donors (Lipinski definition) is 2. The van der Waals surface area contributed by atoms with Gasteiger partial charge < -0.3 is 14.6 Å². The summed E-state index contributed by atoms with van der Waals surface area (Å²) < 4.78 is 11.1. The van der Waals surface area contributed by atoms with E-state index in [9.17, 15) is 9.90 Å². The molecule has 2 aromatic carbocycles. The zero-order valence-electron chi connectivity index (χ0n) is 18.0. The number of carbonyl (C=O) groups is 1. The monoisotopic (exact) mass is 411 g/mol. The fraction of sp³-hybridized carbons (Fsp3) is 0.480. The lowest BCUT2D eigenvalue weighted by atomic mass is 9.88. The summed E-state index contributed by atoms with van der Waals surface area (Å²) in [5.41, 5.74) is 6.74. The summed E-state index contributed by atoms with van der Waals surface area (Å²) in [5, 5.41) is 11.0. The third-order valence-electron chi connectivity index (χ3n) is 5.82. The van der Waals surface area contributed by atoms with E-state index in [0.717, 1.165) is 32.1 Å². The van der Waals surface area contributed by atoms with Gasteiger partial charge in [0.15, 0.2) is 0 Å². The van der Waals surface area contributed by atoms with Gasteiger partial charge in [-0.2, -0.15) is 0 Å². The van der Waals surface area contributed by atoms with Crippen molar-refractivity contribution in [1.29, 1.82) is 0 Å². The minimum absolute atomic E-state index is 0.107. The molecule has 0 aromatic heterocycles. The van der Waals surface area contributed by atoms with Crippen LogP contribution in [0.25, 0.3) is 0 Å². The summed E-state index contributed by atoms with van der Waals surface area (Å²) in [5.74, 6) is 0.156. The van der Waals surface area contributed by atoms with Crippen LogP contribution in [-0.4, -0.2) is 24.3 Å². The fourth-order valence-corrected chi connectivity index (χ4v) is 4.27. The molecule has 0 radical (unpaired) electrons. The molecule has 1 fully saturated rings. The Morgan fingerprint density at radius 2 is 1.87 bits per heavy atom. The zero-order chi connectivity index (χ0) is 21.6. The highest BCUT2D eigenvalue weighted by atomic mass is 16.5. The molecule has 0 saturated heterocycles. The Hall–Kier alpha value is -2.37. The Labute approximate surface area is 179 Å². The predicted molar refractivity (Wildman–Crippen MR) is 117 cm³/mol. The van der Waals surface area contributed by atoms with E-state index >= 15 is 0 Å². The van der Waals surface area contributed by atoms with Crippen LogP contribution in [0, 0.1) is 5.92 Å². The van der Waals surface area contributed by atoms with E-state index in [1.165, 1.54) is 19.1 Å². The molecule has 3 rings (SSSR count). The van der Waals surface area contributed by atoms with Crippen LogP contribution >= 0.6 is 0 Å². The van der Waals surface area contributed by atoms with E-state index in [1.54, 1.807) is 18.2 Å². The maximum Gasteiger partial charge on any atom is 0.341 e. The number of aliphatic hydroxyl groups is 1. The van der Waals surface area contributed by atoms with E-state index < -0.39 is 11.7 Å². The summed E-state index contributed by atoms with van der Waals surface area (Å²) in [6.45, 7) is 2.06. The van der Waals surface area contributed by atoms with Crippen LogP contribution < -0.4 is 10.5 Å². The van der Waals surface area contributed by atoms with Gasteiger partial charge in [-0.25, -0.2) is 4.79 Å². The van der Waals surface area contributed by atoms with Gasteiger partial charge in [0.1, 0.15) is 17.0 Å². The molecule has 1 unspecified atom stereocenters. The number of nitrogens with two attached hydrogens (primary N) is 1. The van der Waals surface area contributed by atoms with E-state index in [2.05, 4.69) is 19.1 Å². The molecule has 1 saturated carbocycles. The molecule has 0 aliphatic heterocycles. The Bertz CT molecular complexity index is 828. The second-order valence-electron chi connectivity index (χ2n) is 8.50. The van der Waals surface area contributed by atoms with Crippen LogP contribution in [-0.2, 0) is 16.9 Å². The third kappa shape index (κ3) is 5.83. The molecule has 1 aliphatic rings. The van der Waals surface area contributed by atoms with Gasteiger partial charge in [-0.05, 0) is 67.7 Å². The van der Waals surface area contributed by atoms with Crippen molar-refractivity contribution in [3.8, 4) is 5.75 Å². The highest BCUT2D eigenvalue weighted by Crippen LogP contribution is 2.32. The van der Waals surface area contributed by atoms with Crippen LogP contribution in [0.4, 0.5) is 0 Å². The van der Waals surface area contributed by atoms with Crippen LogP contribution in [0.1, 0.15) is 66.9 Å². The lowest BCUT2D eigenvalue weighted by Gasteiger charge is -2.29. The molecule has 0 spiro atoms. The van der Waals surface area contributed by atoms with Crippen LogP contribution in [0.3, 0.4) is 0 Å². The van der Waals surface area contributed by atoms with E-state index in [0.29, 0.717) is 23.3 Å². The lowest BCUT2D eigenvalue weighted by Crippen LogP contribution is -2.38. The normalized spacial score (nSPS) is 17.7. The maximum atomic E-state index is 12.4. The van der Waals surface area contributed by atoms with Crippen molar-refractivity contribution >= 4 is 5.97 Å². The average molecular weight is 412 g/mol. The van der Waals surface area contributed by atoms with Crippen LogP contribution in [0.15, 0.2) is 48.5 Å². The molecular weight excluding hydrogens is 378 g/mol. The summed E-state index contributed by atoms with van der Waals surface area (Å²) in [6.07, 6.45) is 6.76. The first-order valence-electron chi connectivity index (χ1n) is 10.8. The number of hydrogen-bond acceptors (Lipinski definition) is 5. The number of ether oxygens (including phenoxy) is 2. The van der Waals surface area contributed by atoms with Crippen molar-refractivity contribution in [2.75, 3.05) is 7.11 Å². The average Bonchev–Trinajstić information content (AvgIpc) is 2.74. The number of benzene rings is 2. The van der Waals surface area contributed by atoms with Crippen molar-refractivity contribution in [1.82, 2.24) is 0 Å². The van der Waals surface area contributed by atoms with Gasteiger partial charge in [-0.3, -0.25) is 5.73 Å². The molecule has 2 atom stereocenters. The molecule has 5 nitrogen and oxygen atoms in total. The van der Waals surface area contributed by atoms with Crippen LogP contribution in [0.5, 0.6) is 5.75 Å². The molecule has 1 aliphatic carbocycles. The molecule has 5 heteroatoms. The first kappa shape index (κ1) is 22.3. The molecule has 0 bridgehead atoms. The number of carbonyl (C=O) groups excluding carboxylic acids is 1. The Morgan fingerprint density at radius 1 is 1.17 bits per heavy atom. The van der Waals surface area contributed by atoms with Gasteiger partial charge in [0, 0.05) is 0 Å². The van der Waals surface area contributed by atoms with Gasteiger partial charge in [-0.1, -0.05) is 49.7 Å². The number of methoxy groups -OCH3 is 1. The minimum atomic E-state index is -1.56. The summed E-state index contributed by atoms with van der Waals surface area (Å²) in [4.78, 5) is 12.4. The Morgan fingerprint density at radius 3 is 2.53 bits per heavy atom. The highest BCUT2D eigenvalue weighted by molar-refractivity contribution is 5.92. The quantitative estimate of drug-likeness (QED) is 0.492. The summed E-state index contributed by atoms with van der Waals surface area (Å²) >= 11 is 0. The van der Waals surface area contributed by atoms with Gasteiger partial charge in [0.25, 0.3) is 0 Å². The van der Waals surface area contributed by atoms with Gasteiger partial charge >= 0.3 is 5.97 Å². The van der Waals surface area contributed by atoms with Crippen molar-refractivity contribution in [3.63, 3.8) is 0 Å². The third-order valence-corrected chi connectivity index (χ3v) is 5.82. The van der Waals surface area contributed by atoms with Crippen molar-refractivity contribution < 1.29 is 19.4 Å². The van der Waals surface area contributed by atoms with Crippen molar-refractivity contribution in [3.05, 3.63) is 65.2 Å². The van der Waals surface area contributed by atoms with Gasteiger partial charge in [0.05, 0.1) is 13.2 Å². The van der Waals surface area contributed by atoms with E-state index in [4.69, 9.17) is 15.2 Å². The van der Waals surface area contributed by atoms with Crippen molar-refractivity contribution in [2.24, 2.45) is 11.7 Å². The SMILES string of the molecule is COC(=O)c1cc([C@](N)(O)CC(C)Cc2ccccc2)ccc1OC1CCCCC1. The van der Waals surface area contributed by atoms with E-state index in [1.807, 2.05) is 18.2 Å². The minimum Gasteiger partial charge on any atom is -0.490 e. The standard InChI is InChI=1S/C25H33NO4/c1-18(15-19-9-5-3-6-10-19)17-25(26,28)20-13-14-23(22(16-20)24(27)29-2)30-21-11-7-4-8-12-21/h3,5-6,9-10,13-14,16,18,21,28H,4,7-8,11-12,15,17,26H2,1-2H3/t18?,25-/m1/s1. The topological polar surface area (TPSA) is 81.8 Å². The van der Waals surface area contributed by atoms with E-state index in [-0.39, 0.29) is 12.0 Å². The Kier molecular flexibility index (Phi) is 7.51. The number of esters is 1. The molecule has 30 heavy (non-hydrogen) atoms. The van der Waals surface area contributed by atoms with Gasteiger partial charge in [-0.15, -0.1) is 0 Å². The molecule has 162 valence electrons. The molecule has 2 aromatic rings. The summed E-state index contributed by atoms with van der Waals surface area (Å²) in [6, 6.07) is 15.2. The molecule has 0 heterocycles. The maximum absolute atomic E-state index is 12.4. The second kappa shape index (κ2) is 10.1.